The summed E-state index contributed by atoms with van der Waals surface area (Å²) in [5.74, 6) is -1.45. The molecule has 0 N–H and O–H groups in total. The number of carbonyl (C=O) groups excluding carboxylic acids is 1. The summed E-state index contributed by atoms with van der Waals surface area (Å²) in [6.07, 6.45) is 0. The van der Waals surface area contributed by atoms with Gasteiger partial charge in [-0.25, -0.2) is 9.18 Å². The molecule has 21 heavy (non-hydrogen) atoms. The minimum Gasteiger partial charge on any atom is -0.479 e. The van der Waals surface area contributed by atoms with E-state index in [1.165, 1.54) is 36.4 Å². The van der Waals surface area contributed by atoms with Gasteiger partial charge in [-0.3, -0.25) is 10.1 Å². The molecular formula is C14H10FNO5. The molecule has 2 aromatic rings. The molecule has 7 heteroatoms. The van der Waals surface area contributed by atoms with Gasteiger partial charge in [-0.2, -0.15) is 0 Å². The van der Waals surface area contributed by atoms with Crippen LogP contribution in [-0.4, -0.2) is 17.5 Å². The second-order valence-corrected chi connectivity index (χ2v) is 3.95. The third kappa shape index (κ3) is 4.00. The van der Waals surface area contributed by atoms with Crippen molar-refractivity contribution in [3.63, 3.8) is 0 Å². The lowest BCUT2D eigenvalue weighted by Gasteiger charge is -2.07. The zero-order valence-corrected chi connectivity index (χ0v) is 10.7. The molecule has 0 atom stereocenters. The summed E-state index contributed by atoms with van der Waals surface area (Å²) in [5, 5.41) is 10.6. The highest BCUT2D eigenvalue weighted by atomic mass is 19.1. The molecule has 0 aliphatic rings. The molecule has 2 rings (SSSR count). The van der Waals surface area contributed by atoms with Crippen molar-refractivity contribution in [3.05, 3.63) is 64.5 Å². The minimum atomic E-state index is -0.793. The molecule has 0 saturated heterocycles. The molecule has 108 valence electrons. The number of benzene rings is 2. The summed E-state index contributed by atoms with van der Waals surface area (Å²) in [6, 6.07) is 10.8. The summed E-state index contributed by atoms with van der Waals surface area (Å²) in [4.78, 5) is 21.5. The molecule has 0 aliphatic carbocycles. The van der Waals surface area contributed by atoms with Crippen LogP contribution < -0.4 is 9.47 Å². The molecule has 0 unspecified atom stereocenters. The average molecular weight is 291 g/mol. The maximum atomic E-state index is 13.3. The van der Waals surface area contributed by atoms with E-state index in [0.717, 1.165) is 6.07 Å². The predicted octanol–water partition coefficient (Wildman–Crippen LogP) is 2.72. The largest absolute Gasteiger partial charge is 0.479 e. The number of nitrogens with zero attached hydrogens (tertiary/aromatic N) is 1. The van der Waals surface area contributed by atoms with Crippen LogP contribution in [0.25, 0.3) is 0 Å². The van der Waals surface area contributed by atoms with Crippen molar-refractivity contribution in [1.82, 2.24) is 0 Å². The van der Waals surface area contributed by atoms with E-state index in [1.54, 1.807) is 6.07 Å². The molecule has 2 aromatic carbocycles. The molecule has 0 radical (unpaired) electrons. The van der Waals surface area contributed by atoms with Crippen molar-refractivity contribution >= 4 is 11.7 Å². The molecule has 0 saturated carbocycles. The number of nitro groups is 1. The van der Waals surface area contributed by atoms with E-state index in [-0.39, 0.29) is 17.2 Å². The maximum absolute atomic E-state index is 13.3. The Bertz CT molecular complexity index is 674. The molecule has 0 fully saturated rings. The van der Waals surface area contributed by atoms with Crippen molar-refractivity contribution in [1.29, 1.82) is 0 Å². The Balaban J connectivity index is 1.95. The number of hydrogen-bond acceptors (Lipinski definition) is 5. The van der Waals surface area contributed by atoms with Gasteiger partial charge >= 0.3 is 5.97 Å². The van der Waals surface area contributed by atoms with E-state index in [4.69, 9.17) is 9.47 Å². The summed E-state index contributed by atoms with van der Waals surface area (Å²) in [5.41, 5.74) is -0.199. The Morgan fingerprint density at radius 2 is 1.95 bits per heavy atom. The Morgan fingerprint density at radius 3 is 2.67 bits per heavy atom. The third-order valence-electron chi connectivity index (χ3n) is 2.44. The SMILES string of the molecule is O=C(COc1ccccc1F)Oc1cccc([N+](=O)[O-])c1. The first kappa shape index (κ1) is 14.4. The highest BCUT2D eigenvalue weighted by Gasteiger charge is 2.11. The van der Waals surface area contributed by atoms with E-state index in [0.29, 0.717) is 0 Å². The van der Waals surface area contributed by atoms with Gasteiger partial charge in [-0.1, -0.05) is 18.2 Å². The monoisotopic (exact) mass is 291 g/mol. The van der Waals surface area contributed by atoms with Gasteiger partial charge in [0.25, 0.3) is 5.69 Å². The number of halogens is 1. The predicted molar refractivity (Wildman–Crippen MR) is 70.6 cm³/mol. The Kier molecular flexibility index (Phi) is 4.45. The second kappa shape index (κ2) is 6.47. The van der Waals surface area contributed by atoms with E-state index in [2.05, 4.69) is 0 Å². The van der Waals surface area contributed by atoms with Crippen LogP contribution in [0.1, 0.15) is 0 Å². The van der Waals surface area contributed by atoms with Crippen LogP contribution in [0.15, 0.2) is 48.5 Å². The summed E-state index contributed by atoms with van der Waals surface area (Å²) in [7, 11) is 0. The molecule has 6 nitrogen and oxygen atoms in total. The molecule has 0 bridgehead atoms. The zero-order chi connectivity index (χ0) is 15.2. The normalized spacial score (nSPS) is 9.95. The fourth-order valence-electron chi connectivity index (χ4n) is 1.52. The number of non-ortho nitro benzene ring substituents is 1. The van der Waals surface area contributed by atoms with Gasteiger partial charge in [0, 0.05) is 6.07 Å². The second-order valence-electron chi connectivity index (χ2n) is 3.95. The highest BCUT2D eigenvalue weighted by molar-refractivity contribution is 5.74. The minimum absolute atomic E-state index is 0.0198. The molecule has 0 aliphatic heterocycles. The van der Waals surface area contributed by atoms with Crippen LogP contribution in [0.2, 0.25) is 0 Å². The number of hydrogen-bond donors (Lipinski definition) is 0. The fraction of sp³-hybridized carbons (Fsp3) is 0.0714. The van der Waals surface area contributed by atoms with Crippen molar-refractivity contribution in [2.75, 3.05) is 6.61 Å². The summed E-state index contributed by atoms with van der Waals surface area (Å²) >= 11 is 0. The lowest BCUT2D eigenvalue weighted by atomic mass is 10.3. The topological polar surface area (TPSA) is 78.7 Å². The van der Waals surface area contributed by atoms with Gasteiger partial charge < -0.3 is 9.47 Å². The quantitative estimate of drug-likeness (QED) is 0.366. The molecule has 0 spiro atoms. The van der Waals surface area contributed by atoms with E-state index < -0.39 is 23.3 Å². The van der Waals surface area contributed by atoms with E-state index in [1.807, 2.05) is 0 Å². The number of esters is 1. The maximum Gasteiger partial charge on any atom is 0.349 e. The van der Waals surface area contributed by atoms with Crippen LogP contribution in [0.3, 0.4) is 0 Å². The zero-order valence-electron chi connectivity index (χ0n) is 10.7. The van der Waals surface area contributed by atoms with Crippen LogP contribution >= 0.6 is 0 Å². The van der Waals surface area contributed by atoms with Gasteiger partial charge in [0.05, 0.1) is 11.0 Å². The van der Waals surface area contributed by atoms with Gasteiger partial charge in [0.2, 0.25) is 0 Å². The lowest BCUT2D eigenvalue weighted by molar-refractivity contribution is -0.384. The first-order valence-corrected chi connectivity index (χ1v) is 5.89. The Hall–Kier alpha value is -2.96. The first-order chi connectivity index (χ1) is 10.1. The van der Waals surface area contributed by atoms with Gasteiger partial charge in [-0.15, -0.1) is 0 Å². The van der Waals surface area contributed by atoms with Crippen molar-refractivity contribution in [2.45, 2.75) is 0 Å². The van der Waals surface area contributed by atoms with Gasteiger partial charge in [0.15, 0.2) is 18.2 Å². The van der Waals surface area contributed by atoms with E-state index in [9.17, 15) is 19.3 Å². The number of carbonyl (C=O) groups is 1. The number of rotatable bonds is 5. The standard InChI is InChI=1S/C14H10FNO5/c15-12-6-1-2-7-13(12)20-9-14(17)21-11-5-3-4-10(8-11)16(18)19/h1-8H,9H2. The van der Waals surface area contributed by atoms with Crippen LogP contribution in [-0.2, 0) is 4.79 Å². The summed E-state index contributed by atoms with van der Waals surface area (Å²) < 4.78 is 23.1. The smallest absolute Gasteiger partial charge is 0.349 e. The number of para-hydroxylation sites is 1. The van der Waals surface area contributed by atoms with Gasteiger partial charge in [0.1, 0.15) is 5.75 Å². The Morgan fingerprint density at radius 1 is 1.19 bits per heavy atom. The highest BCUT2D eigenvalue weighted by Crippen LogP contribution is 2.19. The van der Waals surface area contributed by atoms with Crippen LogP contribution in [0, 0.1) is 15.9 Å². The third-order valence-corrected chi connectivity index (χ3v) is 2.44. The summed E-state index contributed by atoms with van der Waals surface area (Å²) in [6.45, 7) is -0.510. The lowest BCUT2D eigenvalue weighted by Crippen LogP contribution is -2.18. The number of nitro benzene ring substituents is 1. The van der Waals surface area contributed by atoms with Crippen LogP contribution in [0.4, 0.5) is 10.1 Å². The van der Waals surface area contributed by atoms with Crippen molar-refractivity contribution < 1.29 is 23.6 Å². The first-order valence-electron chi connectivity index (χ1n) is 5.89. The fourth-order valence-corrected chi connectivity index (χ4v) is 1.52. The van der Waals surface area contributed by atoms with Crippen molar-refractivity contribution in [3.8, 4) is 11.5 Å². The number of ether oxygens (including phenoxy) is 2. The van der Waals surface area contributed by atoms with Crippen LogP contribution in [0.5, 0.6) is 11.5 Å². The molecule has 0 heterocycles. The molecule has 0 aromatic heterocycles. The average Bonchev–Trinajstić information content (AvgIpc) is 2.46. The Labute approximate surface area is 118 Å². The van der Waals surface area contributed by atoms with E-state index >= 15 is 0 Å². The molecule has 0 amide bonds. The van der Waals surface area contributed by atoms with Gasteiger partial charge in [-0.05, 0) is 18.2 Å². The molecular weight excluding hydrogens is 281 g/mol. The van der Waals surface area contributed by atoms with Crippen molar-refractivity contribution in [2.24, 2.45) is 0 Å².